The molecule has 2 rings (SSSR count). The van der Waals surface area contributed by atoms with Gasteiger partial charge in [0.15, 0.2) is 0 Å². The van der Waals surface area contributed by atoms with Gasteiger partial charge in [-0.15, -0.1) is 0 Å². The SMILES string of the molecule is O=C(O)CC1CSCCN1CC(=O)NC1CCCCCC1. The summed E-state index contributed by atoms with van der Waals surface area (Å²) in [5.41, 5.74) is 0. The maximum Gasteiger partial charge on any atom is 0.304 e. The number of thioether (sulfide) groups is 1. The smallest absolute Gasteiger partial charge is 0.304 e. The number of aliphatic carboxylic acids is 1. The highest BCUT2D eigenvalue weighted by Crippen LogP contribution is 2.20. The molecule has 0 aromatic heterocycles. The first-order chi connectivity index (χ1) is 10.1. The van der Waals surface area contributed by atoms with Gasteiger partial charge in [0.05, 0.1) is 13.0 Å². The molecule has 2 aliphatic rings. The van der Waals surface area contributed by atoms with E-state index in [9.17, 15) is 9.59 Å². The van der Waals surface area contributed by atoms with E-state index in [1.54, 1.807) is 11.8 Å². The van der Waals surface area contributed by atoms with E-state index < -0.39 is 5.97 Å². The molecule has 2 fully saturated rings. The third kappa shape index (κ3) is 5.87. The topological polar surface area (TPSA) is 69.6 Å². The highest BCUT2D eigenvalue weighted by atomic mass is 32.2. The Balaban J connectivity index is 1.80. The van der Waals surface area contributed by atoms with Crippen LogP contribution in [0.2, 0.25) is 0 Å². The summed E-state index contributed by atoms with van der Waals surface area (Å²) in [7, 11) is 0. The van der Waals surface area contributed by atoms with E-state index >= 15 is 0 Å². The van der Waals surface area contributed by atoms with Gasteiger partial charge in [0, 0.05) is 30.1 Å². The summed E-state index contributed by atoms with van der Waals surface area (Å²) in [6.07, 6.45) is 7.25. The molecule has 1 heterocycles. The first-order valence-electron chi connectivity index (χ1n) is 7.98. The number of rotatable bonds is 5. The van der Waals surface area contributed by atoms with Gasteiger partial charge < -0.3 is 10.4 Å². The van der Waals surface area contributed by atoms with E-state index in [2.05, 4.69) is 5.32 Å². The lowest BCUT2D eigenvalue weighted by Crippen LogP contribution is -2.49. The van der Waals surface area contributed by atoms with Crippen molar-refractivity contribution >= 4 is 23.6 Å². The number of nitrogens with one attached hydrogen (secondary N) is 1. The second-order valence-corrected chi connectivity index (χ2v) is 7.20. The Kier molecular flexibility index (Phi) is 6.83. The summed E-state index contributed by atoms with van der Waals surface area (Å²) in [4.78, 5) is 25.2. The van der Waals surface area contributed by atoms with E-state index in [-0.39, 0.29) is 18.4 Å². The molecule has 1 amide bonds. The maximum atomic E-state index is 12.2. The van der Waals surface area contributed by atoms with Crippen molar-refractivity contribution in [1.29, 1.82) is 0 Å². The molecule has 2 N–H and O–H groups in total. The zero-order valence-corrected chi connectivity index (χ0v) is 13.4. The van der Waals surface area contributed by atoms with E-state index in [4.69, 9.17) is 5.11 Å². The minimum absolute atomic E-state index is 0.0128. The average Bonchev–Trinajstić information content (AvgIpc) is 2.69. The van der Waals surface area contributed by atoms with Crippen LogP contribution in [0.15, 0.2) is 0 Å². The lowest BCUT2D eigenvalue weighted by molar-refractivity contribution is -0.139. The largest absolute Gasteiger partial charge is 0.481 e. The second-order valence-electron chi connectivity index (χ2n) is 6.05. The number of carbonyl (C=O) groups is 2. The van der Waals surface area contributed by atoms with E-state index in [0.29, 0.717) is 12.6 Å². The number of amides is 1. The Hall–Kier alpha value is -0.750. The molecule has 0 radical (unpaired) electrons. The van der Waals surface area contributed by atoms with Gasteiger partial charge in [0.1, 0.15) is 0 Å². The van der Waals surface area contributed by atoms with Crippen LogP contribution in [-0.4, -0.2) is 58.6 Å². The number of carboxylic acids is 1. The fraction of sp³-hybridized carbons (Fsp3) is 0.867. The first kappa shape index (κ1) is 16.6. The van der Waals surface area contributed by atoms with E-state index in [1.807, 2.05) is 4.90 Å². The Morgan fingerprint density at radius 3 is 2.57 bits per heavy atom. The average molecular weight is 314 g/mol. The predicted octanol–water partition coefficient (Wildman–Crippen LogP) is 1.72. The van der Waals surface area contributed by atoms with Gasteiger partial charge in [-0.25, -0.2) is 0 Å². The van der Waals surface area contributed by atoms with Crippen molar-refractivity contribution < 1.29 is 14.7 Å². The van der Waals surface area contributed by atoms with Crippen LogP contribution in [0.4, 0.5) is 0 Å². The summed E-state index contributed by atoms with van der Waals surface area (Å²) in [6, 6.07) is 0.304. The lowest BCUT2D eigenvalue weighted by Gasteiger charge is -2.34. The molecule has 1 aliphatic heterocycles. The molecule has 1 unspecified atom stereocenters. The Morgan fingerprint density at radius 2 is 1.90 bits per heavy atom. The summed E-state index contributed by atoms with van der Waals surface area (Å²) in [5, 5.41) is 12.1. The lowest BCUT2D eigenvalue weighted by atomic mass is 10.1. The Bertz CT molecular complexity index is 357. The molecular weight excluding hydrogens is 288 g/mol. The normalized spacial score (nSPS) is 25.2. The monoisotopic (exact) mass is 314 g/mol. The van der Waals surface area contributed by atoms with Crippen LogP contribution >= 0.6 is 11.8 Å². The third-order valence-electron chi connectivity index (χ3n) is 4.33. The van der Waals surface area contributed by atoms with Gasteiger partial charge in [0.2, 0.25) is 5.91 Å². The summed E-state index contributed by atoms with van der Waals surface area (Å²) in [5.74, 6) is 1.07. The van der Waals surface area contributed by atoms with Crippen LogP contribution in [0.25, 0.3) is 0 Å². The fourth-order valence-corrected chi connectivity index (χ4v) is 4.30. The highest BCUT2D eigenvalue weighted by molar-refractivity contribution is 7.99. The number of hydrogen-bond acceptors (Lipinski definition) is 4. The third-order valence-corrected chi connectivity index (χ3v) is 5.42. The second kappa shape index (κ2) is 8.63. The predicted molar refractivity (Wildman–Crippen MR) is 84.6 cm³/mol. The molecule has 5 nitrogen and oxygen atoms in total. The van der Waals surface area contributed by atoms with Crippen molar-refractivity contribution in [3.63, 3.8) is 0 Å². The van der Waals surface area contributed by atoms with Gasteiger partial charge in [-0.05, 0) is 12.8 Å². The minimum Gasteiger partial charge on any atom is -0.481 e. The van der Waals surface area contributed by atoms with Gasteiger partial charge in [-0.1, -0.05) is 25.7 Å². The zero-order valence-electron chi connectivity index (χ0n) is 12.6. The summed E-state index contributed by atoms with van der Waals surface area (Å²) < 4.78 is 0. The Morgan fingerprint density at radius 1 is 1.19 bits per heavy atom. The van der Waals surface area contributed by atoms with E-state index in [1.165, 1.54) is 25.7 Å². The molecule has 0 spiro atoms. The molecule has 0 bridgehead atoms. The molecule has 1 atom stereocenters. The molecular formula is C15H26N2O3S. The minimum atomic E-state index is -0.781. The van der Waals surface area contributed by atoms with Crippen molar-refractivity contribution in [3.05, 3.63) is 0 Å². The van der Waals surface area contributed by atoms with E-state index in [0.717, 1.165) is 30.9 Å². The van der Waals surface area contributed by atoms with Crippen molar-refractivity contribution in [2.75, 3.05) is 24.6 Å². The molecule has 1 saturated heterocycles. The molecule has 1 aliphatic carbocycles. The summed E-state index contributed by atoms with van der Waals surface area (Å²) in [6.45, 7) is 1.15. The van der Waals surface area contributed by atoms with Crippen LogP contribution in [0.3, 0.4) is 0 Å². The first-order valence-corrected chi connectivity index (χ1v) is 9.13. The number of nitrogens with zero attached hydrogens (tertiary/aromatic N) is 1. The summed E-state index contributed by atoms with van der Waals surface area (Å²) >= 11 is 1.78. The Labute approximate surface area is 130 Å². The number of carboxylic acid groups (broad SMARTS) is 1. The standard InChI is InChI=1S/C15H26N2O3S/c18-14(16-12-5-3-1-2-4-6-12)10-17-7-8-21-11-13(17)9-15(19)20/h12-13H,1-11H2,(H,16,18)(H,19,20). The van der Waals surface area contributed by atoms with Crippen LogP contribution in [0.5, 0.6) is 0 Å². The van der Waals surface area contributed by atoms with Crippen molar-refractivity contribution in [3.8, 4) is 0 Å². The highest BCUT2D eigenvalue weighted by Gasteiger charge is 2.27. The molecule has 1 saturated carbocycles. The van der Waals surface area contributed by atoms with Crippen LogP contribution in [0.1, 0.15) is 44.9 Å². The number of hydrogen-bond donors (Lipinski definition) is 2. The van der Waals surface area contributed by atoms with Gasteiger partial charge >= 0.3 is 5.97 Å². The maximum absolute atomic E-state index is 12.2. The molecule has 0 aromatic rings. The van der Waals surface area contributed by atoms with Crippen molar-refractivity contribution in [2.24, 2.45) is 0 Å². The van der Waals surface area contributed by atoms with Gasteiger partial charge in [0.25, 0.3) is 0 Å². The number of carbonyl (C=O) groups excluding carboxylic acids is 1. The van der Waals surface area contributed by atoms with Gasteiger partial charge in [-0.2, -0.15) is 11.8 Å². The quantitative estimate of drug-likeness (QED) is 0.756. The molecule has 21 heavy (non-hydrogen) atoms. The van der Waals surface area contributed by atoms with Gasteiger partial charge in [-0.3, -0.25) is 14.5 Å². The van der Waals surface area contributed by atoms with Crippen LogP contribution < -0.4 is 5.32 Å². The molecule has 120 valence electrons. The van der Waals surface area contributed by atoms with Crippen molar-refractivity contribution in [1.82, 2.24) is 10.2 Å². The molecule has 0 aromatic carbocycles. The van der Waals surface area contributed by atoms with Crippen LogP contribution in [-0.2, 0) is 9.59 Å². The van der Waals surface area contributed by atoms with Crippen molar-refractivity contribution in [2.45, 2.75) is 57.0 Å². The molecule has 6 heteroatoms. The fourth-order valence-electron chi connectivity index (χ4n) is 3.17. The van der Waals surface area contributed by atoms with Crippen LogP contribution in [0, 0.1) is 0 Å². The zero-order chi connectivity index (χ0) is 15.1.